The van der Waals surface area contributed by atoms with E-state index in [0.29, 0.717) is 6.42 Å². The maximum Gasteiger partial charge on any atom is 0.325 e. The molecule has 6 heteroatoms. The van der Waals surface area contributed by atoms with Crippen LogP contribution in [0.25, 0.3) is 0 Å². The second kappa shape index (κ2) is 2.96. The van der Waals surface area contributed by atoms with Gasteiger partial charge in [0.15, 0.2) is 0 Å². The minimum atomic E-state index is -1.18. The Labute approximate surface area is 92.6 Å². The van der Waals surface area contributed by atoms with Crippen molar-refractivity contribution in [3.05, 3.63) is 0 Å². The van der Waals surface area contributed by atoms with Gasteiger partial charge in [0.2, 0.25) is 0 Å². The first kappa shape index (κ1) is 10.9. The molecule has 1 saturated carbocycles. The van der Waals surface area contributed by atoms with Crippen molar-refractivity contribution in [3.8, 4) is 0 Å². The molecule has 1 aliphatic carbocycles. The fraction of sp³-hybridized carbons (Fsp3) is 0.700. The Hall–Kier alpha value is -1.59. The molecule has 0 aromatic carbocycles. The largest absolute Gasteiger partial charge is 0.480 e. The van der Waals surface area contributed by atoms with Gasteiger partial charge in [-0.1, -0.05) is 13.8 Å². The average molecular weight is 226 g/mol. The van der Waals surface area contributed by atoms with E-state index in [0.717, 1.165) is 11.3 Å². The van der Waals surface area contributed by atoms with Gasteiger partial charge in [-0.2, -0.15) is 0 Å². The molecule has 0 aromatic heterocycles. The summed E-state index contributed by atoms with van der Waals surface area (Å²) in [6.45, 7) is 3.32. The number of amides is 3. The maximum atomic E-state index is 12.0. The van der Waals surface area contributed by atoms with Crippen LogP contribution in [-0.4, -0.2) is 40.0 Å². The first-order valence-corrected chi connectivity index (χ1v) is 5.22. The molecule has 1 heterocycles. The zero-order valence-corrected chi connectivity index (χ0v) is 9.24. The monoisotopic (exact) mass is 226 g/mol. The Morgan fingerprint density at radius 1 is 1.56 bits per heavy atom. The summed E-state index contributed by atoms with van der Waals surface area (Å²) in [5.74, 6) is -1.58. The molecule has 2 N–H and O–H groups in total. The summed E-state index contributed by atoms with van der Waals surface area (Å²) >= 11 is 0. The standard InChI is InChI=1S/C10H14N2O4/c1-3-9(2)5-10(9)7(15)12(4-6(13)14)8(16)11-10/h3-5H2,1-2H3,(H,11,16)(H,13,14)/t9-,10+/m1/s1. The lowest BCUT2D eigenvalue weighted by Gasteiger charge is -2.14. The van der Waals surface area contributed by atoms with E-state index in [9.17, 15) is 14.4 Å². The van der Waals surface area contributed by atoms with E-state index in [2.05, 4.69) is 5.32 Å². The summed E-state index contributed by atoms with van der Waals surface area (Å²) < 4.78 is 0. The number of rotatable bonds is 3. The van der Waals surface area contributed by atoms with Gasteiger partial charge in [-0.05, 0) is 12.8 Å². The van der Waals surface area contributed by atoms with Crippen molar-refractivity contribution in [1.82, 2.24) is 10.2 Å². The van der Waals surface area contributed by atoms with Crippen LogP contribution in [0.1, 0.15) is 26.7 Å². The van der Waals surface area contributed by atoms with E-state index in [1.165, 1.54) is 0 Å². The third kappa shape index (κ3) is 1.15. The lowest BCUT2D eigenvalue weighted by molar-refractivity contribution is -0.142. The third-order valence-electron chi connectivity index (χ3n) is 3.81. The number of carbonyl (C=O) groups excluding carboxylic acids is 2. The van der Waals surface area contributed by atoms with Gasteiger partial charge in [0.05, 0.1) is 0 Å². The number of nitrogens with zero attached hydrogens (tertiary/aromatic N) is 1. The predicted molar refractivity (Wildman–Crippen MR) is 53.6 cm³/mol. The van der Waals surface area contributed by atoms with Gasteiger partial charge in [0.25, 0.3) is 5.91 Å². The van der Waals surface area contributed by atoms with Gasteiger partial charge in [-0.25, -0.2) is 4.79 Å². The van der Waals surface area contributed by atoms with Crippen LogP contribution < -0.4 is 5.32 Å². The molecule has 2 aliphatic rings. The molecule has 0 aromatic rings. The zero-order valence-electron chi connectivity index (χ0n) is 9.24. The number of carbonyl (C=O) groups is 3. The normalized spacial score (nSPS) is 36.8. The van der Waals surface area contributed by atoms with Crippen molar-refractivity contribution in [2.24, 2.45) is 5.41 Å². The highest BCUT2D eigenvalue weighted by molar-refractivity contribution is 6.11. The van der Waals surface area contributed by atoms with Crippen LogP contribution in [0.4, 0.5) is 4.79 Å². The maximum absolute atomic E-state index is 12.0. The quantitative estimate of drug-likeness (QED) is 0.672. The number of carboxylic acids is 1. The highest BCUT2D eigenvalue weighted by atomic mass is 16.4. The van der Waals surface area contributed by atoms with Crippen LogP contribution in [0.3, 0.4) is 0 Å². The average Bonchev–Trinajstić information content (AvgIpc) is 2.73. The summed E-state index contributed by atoms with van der Waals surface area (Å²) in [5, 5.41) is 11.2. The van der Waals surface area contributed by atoms with Crippen LogP contribution in [-0.2, 0) is 9.59 Å². The smallest absolute Gasteiger partial charge is 0.325 e. The van der Waals surface area contributed by atoms with E-state index in [4.69, 9.17) is 5.11 Å². The van der Waals surface area contributed by atoms with Crippen LogP contribution in [0.5, 0.6) is 0 Å². The number of hydrogen-bond acceptors (Lipinski definition) is 3. The van der Waals surface area contributed by atoms with Crippen LogP contribution >= 0.6 is 0 Å². The number of aliphatic carboxylic acids is 1. The van der Waals surface area contributed by atoms with Gasteiger partial charge in [-0.15, -0.1) is 0 Å². The molecule has 0 unspecified atom stereocenters. The summed E-state index contributed by atoms with van der Waals surface area (Å²) in [7, 11) is 0. The topological polar surface area (TPSA) is 86.7 Å². The SMILES string of the molecule is CC[C@]1(C)C[C@@]12NC(=O)N(CC(=O)O)C2=O. The fourth-order valence-electron chi connectivity index (χ4n) is 2.40. The molecule has 1 spiro atoms. The Kier molecular flexibility index (Phi) is 2.02. The zero-order chi connectivity index (χ0) is 12.1. The lowest BCUT2D eigenvalue weighted by atomic mass is 9.99. The number of urea groups is 1. The second-order valence-electron chi connectivity index (χ2n) is 4.71. The summed E-state index contributed by atoms with van der Waals surface area (Å²) in [4.78, 5) is 34.8. The molecule has 3 amide bonds. The summed E-state index contributed by atoms with van der Waals surface area (Å²) in [6, 6.07) is -0.593. The molecular formula is C10H14N2O4. The number of hydrogen-bond donors (Lipinski definition) is 2. The minimum absolute atomic E-state index is 0.229. The molecule has 88 valence electrons. The highest BCUT2D eigenvalue weighted by Gasteiger charge is 2.73. The molecule has 6 nitrogen and oxygen atoms in total. The summed E-state index contributed by atoms with van der Waals surface area (Å²) in [6.07, 6.45) is 1.37. The first-order chi connectivity index (χ1) is 7.36. The molecule has 1 saturated heterocycles. The molecule has 2 atom stereocenters. The van der Waals surface area contributed by atoms with E-state index < -0.39 is 30.0 Å². The Bertz CT molecular complexity index is 394. The Balaban J connectivity index is 2.22. The Morgan fingerprint density at radius 3 is 2.62 bits per heavy atom. The van der Waals surface area contributed by atoms with Gasteiger partial charge < -0.3 is 10.4 Å². The van der Waals surface area contributed by atoms with Gasteiger partial charge >= 0.3 is 12.0 Å². The molecule has 0 radical (unpaired) electrons. The minimum Gasteiger partial charge on any atom is -0.480 e. The van der Waals surface area contributed by atoms with E-state index >= 15 is 0 Å². The van der Waals surface area contributed by atoms with Crippen molar-refractivity contribution in [1.29, 1.82) is 0 Å². The van der Waals surface area contributed by atoms with E-state index in [1.54, 1.807) is 0 Å². The van der Waals surface area contributed by atoms with E-state index in [-0.39, 0.29) is 5.41 Å². The highest BCUT2D eigenvalue weighted by Crippen LogP contribution is 2.60. The Morgan fingerprint density at radius 2 is 2.19 bits per heavy atom. The van der Waals surface area contributed by atoms with Crippen LogP contribution in [0.15, 0.2) is 0 Å². The van der Waals surface area contributed by atoms with Gasteiger partial charge in [0, 0.05) is 5.41 Å². The van der Waals surface area contributed by atoms with Crippen LogP contribution in [0.2, 0.25) is 0 Å². The van der Waals surface area contributed by atoms with Crippen molar-refractivity contribution >= 4 is 17.9 Å². The van der Waals surface area contributed by atoms with Crippen molar-refractivity contribution < 1.29 is 19.5 Å². The number of nitrogens with one attached hydrogen (secondary N) is 1. The van der Waals surface area contributed by atoms with Crippen LogP contribution in [0, 0.1) is 5.41 Å². The third-order valence-corrected chi connectivity index (χ3v) is 3.81. The number of carboxylic acid groups (broad SMARTS) is 1. The molecular weight excluding hydrogens is 212 g/mol. The summed E-state index contributed by atoms with van der Waals surface area (Å²) in [5.41, 5.74) is -1.07. The second-order valence-corrected chi connectivity index (χ2v) is 4.71. The van der Waals surface area contributed by atoms with Crippen molar-refractivity contribution in [2.45, 2.75) is 32.2 Å². The van der Waals surface area contributed by atoms with Gasteiger partial charge in [0.1, 0.15) is 12.1 Å². The number of imide groups is 1. The molecule has 16 heavy (non-hydrogen) atoms. The molecule has 0 bridgehead atoms. The molecule has 2 rings (SSSR count). The first-order valence-electron chi connectivity index (χ1n) is 5.22. The molecule has 1 aliphatic heterocycles. The predicted octanol–water partition coefficient (Wildman–Crippen LogP) is 0.182. The molecule has 2 fully saturated rings. The van der Waals surface area contributed by atoms with Crippen molar-refractivity contribution in [3.63, 3.8) is 0 Å². The van der Waals surface area contributed by atoms with Gasteiger partial charge in [-0.3, -0.25) is 14.5 Å². The van der Waals surface area contributed by atoms with Crippen molar-refractivity contribution in [2.75, 3.05) is 6.54 Å². The lowest BCUT2D eigenvalue weighted by Crippen LogP contribution is -2.38. The van der Waals surface area contributed by atoms with E-state index in [1.807, 2.05) is 13.8 Å². The fourth-order valence-corrected chi connectivity index (χ4v) is 2.40.